The summed E-state index contributed by atoms with van der Waals surface area (Å²) in [6.45, 7) is 2.27. The van der Waals surface area contributed by atoms with Crippen LogP contribution in [-0.4, -0.2) is 31.6 Å². The fourth-order valence-electron chi connectivity index (χ4n) is 3.42. The van der Waals surface area contributed by atoms with E-state index in [1.807, 2.05) is 19.1 Å². The van der Waals surface area contributed by atoms with E-state index in [1.54, 1.807) is 12.0 Å². The summed E-state index contributed by atoms with van der Waals surface area (Å²) in [6, 6.07) is 7.94. The van der Waals surface area contributed by atoms with E-state index in [2.05, 4.69) is 0 Å². The third kappa shape index (κ3) is 3.59. The first kappa shape index (κ1) is 19.1. The zero-order valence-corrected chi connectivity index (χ0v) is 15.3. The van der Waals surface area contributed by atoms with Crippen molar-refractivity contribution in [3.05, 3.63) is 58.7 Å². The van der Waals surface area contributed by atoms with Gasteiger partial charge in [-0.2, -0.15) is 13.2 Å². The number of benzene rings is 2. The van der Waals surface area contributed by atoms with Crippen molar-refractivity contribution in [3.8, 4) is 11.5 Å². The summed E-state index contributed by atoms with van der Waals surface area (Å²) in [5, 5.41) is 0. The second kappa shape index (κ2) is 7.13. The molecule has 1 aliphatic heterocycles. The Labute approximate surface area is 155 Å². The van der Waals surface area contributed by atoms with Crippen LogP contribution in [0.25, 0.3) is 0 Å². The smallest absolute Gasteiger partial charge is 0.416 e. The van der Waals surface area contributed by atoms with Crippen molar-refractivity contribution in [3.63, 3.8) is 0 Å². The standard InChI is InChI=1S/C20H20F3NO3/c1-12-16-11-18(27-3)17(26-2)10-13(16)7-8-24(12)19(25)14-5-4-6-15(9-14)20(21,22)23/h4-6,9-12H,7-8H2,1-3H3/t12-/m1/s1. The maximum atomic E-state index is 13.0. The molecule has 1 amide bonds. The normalized spacial score (nSPS) is 16.7. The summed E-state index contributed by atoms with van der Waals surface area (Å²) in [4.78, 5) is 14.5. The van der Waals surface area contributed by atoms with Crippen molar-refractivity contribution in [2.24, 2.45) is 0 Å². The lowest BCUT2D eigenvalue weighted by atomic mass is 9.92. The summed E-state index contributed by atoms with van der Waals surface area (Å²) in [7, 11) is 3.09. The monoisotopic (exact) mass is 379 g/mol. The number of hydrogen-bond acceptors (Lipinski definition) is 3. The molecule has 7 heteroatoms. The molecule has 0 unspecified atom stereocenters. The highest BCUT2D eigenvalue weighted by Gasteiger charge is 2.33. The third-order valence-electron chi connectivity index (χ3n) is 4.88. The molecule has 0 saturated carbocycles. The van der Waals surface area contributed by atoms with Gasteiger partial charge in [0.25, 0.3) is 5.91 Å². The number of halogens is 3. The second-order valence-electron chi connectivity index (χ2n) is 6.41. The second-order valence-corrected chi connectivity index (χ2v) is 6.41. The van der Waals surface area contributed by atoms with Crippen molar-refractivity contribution in [1.29, 1.82) is 0 Å². The molecule has 144 valence electrons. The molecule has 1 heterocycles. The van der Waals surface area contributed by atoms with Crippen molar-refractivity contribution in [2.75, 3.05) is 20.8 Å². The molecule has 0 N–H and O–H groups in total. The molecule has 0 bridgehead atoms. The molecular formula is C20H20F3NO3. The molecule has 1 aliphatic rings. The van der Waals surface area contributed by atoms with Crippen LogP contribution in [0.4, 0.5) is 13.2 Å². The number of alkyl halides is 3. The summed E-state index contributed by atoms with van der Waals surface area (Å²) in [6.07, 6.45) is -3.90. The minimum atomic E-state index is -4.49. The maximum Gasteiger partial charge on any atom is 0.416 e. The van der Waals surface area contributed by atoms with Gasteiger partial charge >= 0.3 is 6.18 Å². The van der Waals surface area contributed by atoms with E-state index >= 15 is 0 Å². The molecule has 2 aromatic rings. The quantitative estimate of drug-likeness (QED) is 0.789. The zero-order valence-electron chi connectivity index (χ0n) is 15.3. The number of carbonyl (C=O) groups is 1. The predicted octanol–water partition coefficient (Wildman–Crippen LogP) is 4.48. The maximum absolute atomic E-state index is 13.0. The van der Waals surface area contributed by atoms with E-state index in [9.17, 15) is 18.0 Å². The van der Waals surface area contributed by atoms with Crippen molar-refractivity contribution in [1.82, 2.24) is 4.90 Å². The molecule has 27 heavy (non-hydrogen) atoms. The first-order valence-corrected chi connectivity index (χ1v) is 8.49. The van der Waals surface area contributed by atoms with Crippen LogP contribution in [0.5, 0.6) is 11.5 Å². The van der Waals surface area contributed by atoms with Gasteiger partial charge in [-0.25, -0.2) is 0 Å². The van der Waals surface area contributed by atoms with Gasteiger partial charge in [0.2, 0.25) is 0 Å². The van der Waals surface area contributed by atoms with Crippen LogP contribution >= 0.6 is 0 Å². The molecule has 4 nitrogen and oxygen atoms in total. The largest absolute Gasteiger partial charge is 0.493 e. The van der Waals surface area contributed by atoms with Gasteiger partial charge in [-0.15, -0.1) is 0 Å². The minimum absolute atomic E-state index is 0.0283. The fraction of sp³-hybridized carbons (Fsp3) is 0.350. The molecule has 0 fully saturated rings. The number of nitrogens with zero attached hydrogens (tertiary/aromatic N) is 1. The van der Waals surface area contributed by atoms with Crippen LogP contribution in [0.3, 0.4) is 0 Å². The number of amides is 1. The molecule has 3 rings (SSSR count). The minimum Gasteiger partial charge on any atom is -0.493 e. The molecule has 1 atom stereocenters. The van der Waals surface area contributed by atoms with Crippen LogP contribution in [-0.2, 0) is 12.6 Å². The molecule has 2 aromatic carbocycles. The Bertz CT molecular complexity index is 864. The Morgan fingerprint density at radius 3 is 2.41 bits per heavy atom. The van der Waals surface area contributed by atoms with Crippen LogP contribution in [0, 0.1) is 0 Å². The molecule has 0 aromatic heterocycles. The van der Waals surface area contributed by atoms with E-state index in [0.29, 0.717) is 24.5 Å². The van der Waals surface area contributed by atoms with E-state index < -0.39 is 17.6 Å². The van der Waals surface area contributed by atoms with Gasteiger partial charge in [0, 0.05) is 12.1 Å². The Hall–Kier alpha value is -2.70. The topological polar surface area (TPSA) is 38.8 Å². The van der Waals surface area contributed by atoms with Gasteiger partial charge in [-0.3, -0.25) is 4.79 Å². The van der Waals surface area contributed by atoms with E-state index in [4.69, 9.17) is 9.47 Å². The lowest BCUT2D eigenvalue weighted by Gasteiger charge is -2.36. The molecule has 0 aliphatic carbocycles. The molecule has 0 saturated heterocycles. The van der Waals surface area contributed by atoms with Crippen molar-refractivity contribution >= 4 is 5.91 Å². The molecule has 0 radical (unpaired) electrons. The van der Waals surface area contributed by atoms with Gasteiger partial charge in [-0.05, 0) is 54.8 Å². The number of ether oxygens (including phenoxy) is 2. The Kier molecular flexibility index (Phi) is 5.04. The van der Waals surface area contributed by atoms with Crippen LogP contribution in [0.15, 0.2) is 36.4 Å². The van der Waals surface area contributed by atoms with Crippen LogP contribution < -0.4 is 9.47 Å². The number of hydrogen-bond donors (Lipinski definition) is 0. The van der Waals surface area contributed by atoms with Crippen LogP contribution in [0.1, 0.15) is 40.0 Å². The van der Waals surface area contributed by atoms with Crippen molar-refractivity contribution < 1.29 is 27.4 Å². The Balaban J connectivity index is 1.93. The van der Waals surface area contributed by atoms with E-state index in [1.165, 1.54) is 19.2 Å². The highest BCUT2D eigenvalue weighted by Crippen LogP contribution is 2.38. The first-order chi connectivity index (χ1) is 12.8. The number of fused-ring (bicyclic) bond motifs is 1. The van der Waals surface area contributed by atoms with Crippen LogP contribution in [0.2, 0.25) is 0 Å². The highest BCUT2D eigenvalue weighted by atomic mass is 19.4. The number of carbonyl (C=O) groups excluding carboxylic acids is 1. The Morgan fingerprint density at radius 2 is 1.78 bits per heavy atom. The van der Waals surface area contributed by atoms with Crippen molar-refractivity contribution in [2.45, 2.75) is 25.6 Å². The third-order valence-corrected chi connectivity index (χ3v) is 4.88. The summed E-state index contributed by atoms with van der Waals surface area (Å²) in [5.74, 6) is 0.742. The fourth-order valence-corrected chi connectivity index (χ4v) is 3.42. The highest BCUT2D eigenvalue weighted by molar-refractivity contribution is 5.95. The molecule has 0 spiro atoms. The van der Waals surface area contributed by atoms with E-state index in [-0.39, 0.29) is 11.6 Å². The van der Waals surface area contributed by atoms with Gasteiger partial charge in [-0.1, -0.05) is 6.07 Å². The van der Waals surface area contributed by atoms with Gasteiger partial charge in [0.1, 0.15) is 0 Å². The summed E-state index contributed by atoms with van der Waals surface area (Å²) < 4.78 is 49.5. The summed E-state index contributed by atoms with van der Waals surface area (Å²) >= 11 is 0. The summed E-state index contributed by atoms with van der Waals surface area (Å²) in [5.41, 5.74) is 1.14. The SMILES string of the molecule is COc1cc2c(cc1OC)[C@@H](C)N(C(=O)c1cccc(C(F)(F)F)c1)CC2. The Morgan fingerprint density at radius 1 is 1.11 bits per heavy atom. The van der Waals surface area contributed by atoms with Gasteiger partial charge < -0.3 is 14.4 Å². The number of methoxy groups -OCH3 is 2. The van der Waals surface area contributed by atoms with E-state index in [0.717, 1.165) is 23.3 Å². The van der Waals surface area contributed by atoms with Gasteiger partial charge in [0.05, 0.1) is 25.8 Å². The van der Waals surface area contributed by atoms with Gasteiger partial charge in [0.15, 0.2) is 11.5 Å². The first-order valence-electron chi connectivity index (χ1n) is 8.49. The number of rotatable bonds is 3. The lowest BCUT2D eigenvalue weighted by Crippen LogP contribution is -2.39. The molecular weight excluding hydrogens is 359 g/mol. The zero-order chi connectivity index (χ0) is 19.8. The average molecular weight is 379 g/mol. The predicted molar refractivity (Wildman–Crippen MR) is 94.1 cm³/mol. The average Bonchev–Trinajstić information content (AvgIpc) is 2.66. The lowest BCUT2D eigenvalue weighted by molar-refractivity contribution is -0.137.